The summed E-state index contributed by atoms with van der Waals surface area (Å²) in [4.78, 5) is 0. The van der Waals surface area contributed by atoms with Gasteiger partial charge < -0.3 is 0 Å². The molecule has 0 nitrogen and oxygen atoms in total. The van der Waals surface area contributed by atoms with Crippen molar-refractivity contribution in [3.8, 4) is 0 Å². The fourth-order valence-corrected chi connectivity index (χ4v) is 0.260. The van der Waals surface area contributed by atoms with Gasteiger partial charge in [0.05, 0.1) is 0 Å². The predicted molar refractivity (Wildman–Crippen MR) is 32.8 cm³/mol. The quantitative estimate of drug-likeness (QED) is 0.461. The topological polar surface area (TPSA) is 0 Å². The van der Waals surface area contributed by atoms with Crippen LogP contribution in [0.25, 0.3) is 0 Å². The third-order valence-electron chi connectivity index (χ3n) is 0.547. The van der Waals surface area contributed by atoms with Gasteiger partial charge in [0.1, 0.15) is 0 Å². The van der Waals surface area contributed by atoms with Gasteiger partial charge in [-0.1, -0.05) is 32.6 Å². The van der Waals surface area contributed by atoms with Gasteiger partial charge in [-0.05, 0) is 12.0 Å². The first-order chi connectivity index (χ1) is 3.27. The summed E-state index contributed by atoms with van der Waals surface area (Å²) in [6, 6.07) is 0. The van der Waals surface area contributed by atoms with Gasteiger partial charge in [-0.2, -0.15) is 0 Å². The lowest BCUT2D eigenvalue weighted by Crippen LogP contribution is -1.75. The van der Waals surface area contributed by atoms with E-state index in [2.05, 4.69) is 26.5 Å². The van der Waals surface area contributed by atoms with Crippen molar-refractivity contribution in [1.29, 1.82) is 0 Å². The second kappa shape index (κ2) is 3.66. The van der Waals surface area contributed by atoms with Gasteiger partial charge in [0.15, 0.2) is 0 Å². The Labute approximate surface area is 45.5 Å². The highest BCUT2D eigenvalue weighted by Gasteiger charge is 1.78. The zero-order valence-corrected chi connectivity index (χ0v) is 4.94. The lowest BCUT2D eigenvalue weighted by Gasteiger charge is -1.86. The Hall–Kier alpha value is -0.520. The van der Waals surface area contributed by atoms with Crippen LogP contribution in [0.3, 0.4) is 0 Å². The van der Waals surface area contributed by atoms with Gasteiger partial charge in [-0.15, -0.1) is 0 Å². The van der Waals surface area contributed by atoms with Crippen molar-refractivity contribution in [3.05, 3.63) is 24.8 Å². The van der Waals surface area contributed by atoms with Gasteiger partial charge in [-0.3, -0.25) is 0 Å². The Kier molecular flexibility index (Phi) is 3.39. The van der Waals surface area contributed by atoms with E-state index < -0.39 is 0 Å². The summed E-state index contributed by atoms with van der Waals surface area (Å²) in [5.74, 6) is 0.526. The molecule has 0 aromatic carbocycles. The molecule has 0 unspecified atom stereocenters. The molecular weight excluding hydrogens is 84.1 g/mol. The third-order valence-corrected chi connectivity index (χ3v) is 0.547. The number of hydrogen-bond acceptors (Lipinski definition) is 0. The van der Waals surface area contributed by atoms with E-state index in [1.807, 2.05) is 6.08 Å². The SMILES string of the molecule is C=CC=[C]C(C)C. The minimum atomic E-state index is 0.526. The van der Waals surface area contributed by atoms with E-state index in [0.717, 1.165) is 0 Å². The normalized spacial score (nSPS) is 10.7. The molecule has 0 saturated heterocycles. The molecule has 0 bridgehead atoms. The molecule has 0 rings (SSSR count). The molecule has 0 saturated carbocycles. The van der Waals surface area contributed by atoms with Crippen LogP contribution in [0.15, 0.2) is 18.7 Å². The smallest absolute Gasteiger partial charge is 0.0216 e. The Balaban J connectivity index is 3.25. The first kappa shape index (κ1) is 6.48. The lowest BCUT2D eigenvalue weighted by atomic mass is 10.2. The summed E-state index contributed by atoms with van der Waals surface area (Å²) in [7, 11) is 0. The lowest BCUT2D eigenvalue weighted by molar-refractivity contribution is 0.806. The molecule has 0 aromatic rings. The van der Waals surface area contributed by atoms with E-state index >= 15 is 0 Å². The summed E-state index contributed by atoms with van der Waals surface area (Å²) < 4.78 is 0. The van der Waals surface area contributed by atoms with Crippen LogP contribution in [0.5, 0.6) is 0 Å². The molecule has 0 fully saturated rings. The van der Waals surface area contributed by atoms with E-state index in [0.29, 0.717) is 5.92 Å². The molecule has 1 radical (unpaired) electrons. The molecule has 0 aromatic heterocycles. The largest absolute Gasteiger partial charge is 0.0991 e. The Morgan fingerprint density at radius 2 is 2.14 bits per heavy atom. The highest BCUT2D eigenvalue weighted by atomic mass is 13.8. The van der Waals surface area contributed by atoms with E-state index in [4.69, 9.17) is 0 Å². The Morgan fingerprint density at radius 1 is 1.57 bits per heavy atom. The average Bonchev–Trinajstić information content (AvgIpc) is 1.61. The van der Waals surface area contributed by atoms with Crippen molar-refractivity contribution in [2.75, 3.05) is 0 Å². The maximum absolute atomic E-state index is 3.51. The summed E-state index contributed by atoms with van der Waals surface area (Å²) in [5.41, 5.74) is 0. The van der Waals surface area contributed by atoms with Crippen molar-refractivity contribution in [2.45, 2.75) is 13.8 Å². The van der Waals surface area contributed by atoms with Crippen molar-refractivity contribution in [3.63, 3.8) is 0 Å². The van der Waals surface area contributed by atoms with Crippen LogP contribution in [-0.4, -0.2) is 0 Å². The van der Waals surface area contributed by atoms with Crippen molar-refractivity contribution in [2.24, 2.45) is 5.92 Å². The minimum absolute atomic E-state index is 0.526. The first-order valence-corrected chi connectivity index (χ1v) is 2.47. The van der Waals surface area contributed by atoms with Crippen LogP contribution >= 0.6 is 0 Å². The van der Waals surface area contributed by atoms with Crippen molar-refractivity contribution >= 4 is 0 Å². The Morgan fingerprint density at radius 3 is 2.29 bits per heavy atom. The van der Waals surface area contributed by atoms with E-state index in [-0.39, 0.29) is 0 Å². The van der Waals surface area contributed by atoms with Gasteiger partial charge in [0.25, 0.3) is 0 Å². The molecule has 0 N–H and O–H groups in total. The highest BCUT2D eigenvalue weighted by Crippen LogP contribution is 1.90. The standard InChI is InChI=1S/C7H11/c1-4-5-6-7(2)3/h4-5,7H,1H2,2-3H3. The van der Waals surface area contributed by atoms with Crippen LogP contribution in [0, 0.1) is 12.0 Å². The van der Waals surface area contributed by atoms with Gasteiger partial charge >= 0.3 is 0 Å². The highest BCUT2D eigenvalue weighted by molar-refractivity contribution is 4.93. The van der Waals surface area contributed by atoms with Crippen LogP contribution in [0.1, 0.15) is 13.8 Å². The van der Waals surface area contributed by atoms with E-state index in [1.165, 1.54) is 0 Å². The zero-order chi connectivity index (χ0) is 5.70. The van der Waals surface area contributed by atoms with Crippen LogP contribution in [0.2, 0.25) is 0 Å². The molecule has 0 heteroatoms. The number of allylic oxidation sites excluding steroid dienone is 3. The molecular formula is C7H11. The second-order valence-electron chi connectivity index (χ2n) is 1.72. The maximum Gasteiger partial charge on any atom is -0.0216 e. The van der Waals surface area contributed by atoms with E-state index in [1.54, 1.807) is 6.08 Å². The van der Waals surface area contributed by atoms with Gasteiger partial charge in [-0.25, -0.2) is 0 Å². The van der Waals surface area contributed by atoms with Crippen molar-refractivity contribution < 1.29 is 0 Å². The monoisotopic (exact) mass is 95.1 g/mol. The molecule has 0 spiro atoms. The molecule has 0 aliphatic heterocycles. The molecule has 0 aliphatic carbocycles. The molecule has 0 amide bonds. The van der Waals surface area contributed by atoms with Crippen molar-refractivity contribution in [1.82, 2.24) is 0 Å². The first-order valence-electron chi connectivity index (χ1n) is 2.47. The molecule has 0 atom stereocenters. The number of rotatable bonds is 2. The minimum Gasteiger partial charge on any atom is -0.0991 e. The summed E-state index contributed by atoms with van der Waals surface area (Å²) in [6.07, 6.45) is 6.63. The van der Waals surface area contributed by atoms with E-state index in [9.17, 15) is 0 Å². The predicted octanol–water partition coefficient (Wildman–Crippen LogP) is 2.19. The third kappa shape index (κ3) is 5.48. The number of hydrogen-bond donors (Lipinski definition) is 0. The molecule has 0 heterocycles. The summed E-state index contributed by atoms with van der Waals surface area (Å²) in [5, 5.41) is 0. The fourth-order valence-electron chi connectivity index (χ4n) is 0.260. The zero-order valence-electron chi connectivity index (χ0n) is 4.94. The summed E-state index contributed by atoms with van der Waals surface area (Å²) in [6.45, 7) is 7.68. The summed E-state index contributed by atoms with van der Waals surface area (Å²) >= 11 is 0. The fraction of sp³-hybridized carbons (Fsp3) is 0.429. The maximum atomic E-state index is 3.51. The van der Waals surface area contributed by atoms with Gasteiger partial charge in [0, 0.05) is 0 Å². The molecule has 7 heavy (non-hydrogen) atoms. The second-order valence-corrected chi connectivity index (χ2v) is 1.72. The van der Waals surface area contributed by atoms with Gasteiger partial charge in [0.2, 0.25) is 0 Å². The van der Waals surface area contributed by atoms with Crippen LogP contribution in [-0.2, 0) is 0 Å². The molecule has 0 aliphatic rings. The Bertz CT molecular complexity index is 68.1. The van der Waals surface area contributed by atoms with Crippen LogP contribution < -0.4 is 0 Å². The average molecular weight is 95.2 g/mol. The molecule has 39 valence electrons. The van der Waals surface area contributed by atoms with Crippen LogP contribution in [0.4, 0.5) is 0 Å².